The van der Waals surface area contributed by atoms with Gasteiger partial charge in [-0.3, -0.25) is 29.4 Å². The van der Waals surface area contributed by atoms with Crippen molar-refractivity contribution >= 4 is 49.4 Å². The minimum Gasteiger partial charge on any atom is -0.395 e. The number of nitro groups is 1. The summed E-state index contributed by atoms with van der Waals surface area (Å²) in [5, 5.41) is 21.8. The number of aliphatic hydroxyl groups excluding tert-OH is 1. The topological polar surface area (TPSA) is 134 Å². The second kappa shape index (κ2) is 14.8. The summed E-state index contributed by atoms with van der Waals surface area (Å²) < 4.78 is 23.1. The van der Waals surface area contributed by atoms with E-state index in [1.54, 1.807) is 31.2 Å². The van der Waals surface area contributed by atoms with Crippen molar-refractivity contribution in [3.05, 3.63) is 130 Å². The van der Waals surface area contributed by atoms with Gasteiger partial charge in [-0.05, 0) is 54.6 Å². The van der Waals surface area contributed by atoms with Gasteiger partial charge in [0.1, 0.15) is 0 Å². The molecule has 13 heteroatoms. The average molecular weight is 725 g/mol. The molecule has 11 nitrogen and oxygen atoms in total. The monoisotopic (exact) mass is 724 g/mol. The first-order chi connectivity index (χ1) is 24.9. The fraction of sp³-hybridized carbons (Fsp3) is 0.308. The molecule has 1 fully saturated rings. The van der Waals surface area contributed by atoms with Crippen LogP contribution in [-0.2, 0) is 37.8 Å². The molecular weight excluding hydrogens is 684 g/mol. The lowest BCUT2D eigenvalue weighted by Crippen LogP contribution is -2.45. The van der Waals surface area contributed by atoms with Crippen LogP contribution in [0.4, 0.5) is 26.9 Å². The van der Waals surface area contributed by atoms with Gasteiger partial charge in [0.05, 0.1) is 36.3 Å². The van der Waals surface area contributed by atoms with E-state index in [9.17, 15) is 29.6 Å². The number of ether oxygens (including phenoxy) is 1. The van der Waals surface area contributed by atoms with E-state index in [1.165, 1.54) is 46.0 Å². The third-order valence-corrected chi connectivity index (χ3v) is 12.6. The summed E-state index contributed by atoms with van der Waals surface area (Å²) in [6.07, 6.45) is -0.524. The Kier molecular flexibility index (Phi) is 10.4. The van der Waals surface area contributed by atoms with Crippen LogP contribution >= 0.6 is 0 Å². The van der Waals surface area contributed by atoms with Crippen molar-refractivity contribution in [2.45, 2.75) is 56.8 Å². The predicted octanol–water partition coefficient (Wildman–Crippen LogP) is 6.62. The first-order valence-corrected chi connectivity index (χ1v) is 20.1. The maximum atomic E-state index is 16.4. The molecule has 2 heterocycles. The number of rotatable bonds is 13. The summed E-state index contributed by atoms with van der Waals surface area (Å²) in [5.41, 5.74) is 0.703. The molecule has 0 bridgehead atoms. The number of aliphatic hydroxyl groups is 1. The van der Waals surface area contributed by atoms with Crippen LogP contribution in [0.1, 0.15) is 30.0 Å². The highest BCUT2D eigenvalue weighted by atomic mass is 28.4. The van der Waals surface area contributed by atoms with Gasteiger partial charge >= 0.3 is 0 Å². The number of halogens is 1. The summed E-state index contributed by atoms with van der Waals surface area (Å²) in [7, 11) is -3.65. The van der Waals surface area contributed by atoms with Crippen molar-refractivity contribution in [3.8, 4) is 0 Å². The molecule has 6 rings (SSSR count). The molecule has 270 valence electrons. The Hall–Kier alpha value is -5.24. The number of para-hydroxylation sites is 1. The zero-order valence-electron chi connectivity index (χ0n) is 29.2. The van der Waals surface area contributed by atoms with E-state index in [2.05, 4.69) is 0 Å². The van der Waals surface area contributed by atoms with Crippen LogP contribution in [0.25, 0.3) is 0 Å². The Morgan fingerprint density at radius 2 is 1.63 bits per heavy atom. The molecule has 0 radical (unpaired) electrons. The summed E-state index contributed by atoms with van der Waals surface area (Å²) in [5.74, 6) is -1.63. The third-order valence-electron chi connectivity index (χ3n) is 10.2. The molecular formula is C39H41FN4O7Si. The van der Waals surface area contributed by atoms with E-state index < -0.39 is 42.4 Å². The lowest BCUT2D eigenvalue weighted by Gasteiger charge is -2.31. The predicted molar refractivity (Wildman–Crippen MR) is 197 cm³/mol. The van der Waals surface area contributed by atoms with Gasteiger partial charge in [0.25, 0.3) is 11.6 Å². The van der Waals surface area contributed by atoms with Gasteiger partial charge in [-0.2, -0.15) is 0 Å². The minimum atomic E-state index is -3.65. The van der Waals surface area contributed by atoms with Crippen molar-refractivity contribution in [2.75, 3.05) is 23.0 Å². The summed E-state index contributed by atoms with van der Waals surface area (Å²) >= 11 is 0. The van der Waals surface area contributed by atoms with E-state index in [1.807, 2.05) is 60.7 Å². The standard InChI is InChI=1S/C39H41FN4O7Si/c1-27-37(52(2,3)40)35(23-36(47)41(20-21-45)24-28-10-6-4-7-11-28)51-39(27)33-22-32(44(49)50)18-19-34(33)42(38(39)48)25-29-14-16-31(17-15-29)43(26-46)30-12-8-5-9-13-30/h4-19,22,26-27,35,37,45H,20-21,23-25H2,1-3H3/t27-,35+,37-,39+/m1/s1. The van der Waals surface area contributed by atoms with E-state index in [4.69, 9.17) is 4.74 Å². The van der Waals surface area contributed by atoms with Gasteiger partial charge in [0.15, 0.2) is 5.60 Å². The molecule has 0 aromatic heterocycles. The highest BCUT2D eigenvalue weighted by Crippen LogP contribution is 2.60. The average Bonchev–Trinajstić information content (AvgIpc) is 3.55. The Morgan fingerprint density at radius 3 is 2.23 bits per heavy atom. The fourth-order valence-corrected chi connectivity index (χ4v) is 10.3. The normalized spacial score (nSPS) is 20.9. The van der Waals surface area contributed by atoms with Crippen molar-refractivity contribution < 1.29 is 33.3 Å². The van der Waals surface area contributed by atoms with Gasteiger partial charge in [0, 0.05) is 53.6 Å². The van der Waals surface area contributed by atoms with E-state index in [0.29, 0.717) is 22.6 Å². The van der Waals surface area contributed by atoms with Crippen molar-refractivity contribution in [1.29, 1.82) is 0 Å². The highest BCUT2D eigenvalue weighted by Gasteiger charge is 2.67. The summed E-state index contributed by atoms with van der Waals surface area (Å²) in [6, 6.07) is 29.7. The molecule has 52 heavy (non-hydrogen) atoms. The SMILES string of the molecule is C[C@@H]1[C@@H]([Si](C)(C)F)[C@H](CC(=O)N(CCO)Cc2ccccc2)O[C@@]12C(=O)N(Cc1ccc(N(C=O)c3ccccc3)cc1)c1ccc([N+](=O)[O-])cc12. The zero-order chi connectivity index (χ0) is 37.2. The van der Waals surface area contributed by atoms with E-state index in [0.717, 1.165) is 12.0 Å². The van der Waals surface area contributed by atoms with Crippen LogP contribution in [0, 0.1) is 16.0 Å². The quantitative estimate of drug-likeness (QED) is 0.0539. The second-order valence-electron chi connectivity index (χ2n) is 13.8. The summed E-state index contributed by atoms with van der Waals surface area (Å²) in [6.45, 7) is 4.85. The van der Waals surface area contributed by atoms with Crippen molar-refractivity contribution in [1.82, 2.24) is 4.90 Å². The maximum absolute atomic E-state index is 16.4. The van der Waals surface area contributed by atoms with E-state index in [-0.39, 0.29) is 49.8 Å². The minimum absolute atomic E-state index is 0.0543. The van der Waals surface area contributed by atoms with Crippen LogP contribution in [-0.4, -0.2) is 60.8 Å². The molecule has 1 N–H and O–H groups in total. The van der Waals surface area contributed by atoms with Gasteiger partial charge < -0.3 is 23.8 Å². The molecule has 2 aliphatic heterocycles. The lowest BCUT2D eigenvalue weighted by atomic mass is 9.82. The first kappa shape index (κ1) is 36.5. The Morgan fingerprint density at radius 1 is 1.00 bits per heavy atom. The number of carbonyl (C=O) groups excluding carboxylic acids is 3. The smallest absolute Gasteiger partial charge is 0.269 e. The molecule has 0 aliphatic carbocycles. The number of nitro benzene ring substituents is 1. The third kappa shape index (κ3) is 6.86. The van der Waals surface area contributed by atoms with Crippen LogP contribution < -0.4 is 9.80 Å². The number of non-ortho nitro benzene ring substituents is 1. The molecule has 0 saturated carbocycles. The lowest BCUT2D eigenvalue weighted by molar-refractivity contribution is -0.385. The Bertz CT molecular complexity index is 1940. The van der Waals surface area contributed by atoms with Crippen molar-refractivity contribution in [3.63, 3.8) is 0 Å². The van der Waals surface area contributed by atoms with E-state index >= 15 is 4.11 Å². The maximum Gasteiger partial charge on any atom is 0.269 e. The first-order valence-electron chi connectivity index (χ1n) is 17.2. The molecule has 4 atom stereocenters. The number of hydrogen-bond donors (Lipinski definition) is 1. The molecule has 3 amide bonds. The number of hydrogen-bond acceptors (Lipinski definition) is 7. The molecule has 0 unspecified atom stereocenters. The number of amides is 3. The van der Waals surface area contributed by atoms with Crippen LogP contribution in [0.2, 0.25) is 18.6 Å². The Balaban J connectivity index is 1.34. The van der Waals surface area contributed by atoms with Crippen LogP contribution in [0.3, 0.4) is 0 Å². The van der Waals surface area contributed by atoms with Gasteiger partial charge in [-0.1, -0.05) is 67.6 Å². The number of fused-ring (bicyclic) bond motifs is 2. The molecule has 2 aliphatic rings. The second-order valence-corrected chi connectivity index (χ2v) is 17.6. The molecule has 4 aromatic carbocycles. The number of carbonyl (C=O) groups is 3. The molecule has 4 aromatic rings. The van der Waals surface area contributed by atoms with Gasteiger partial charge in [-0.15, -0.1) is 0 Å². The summed E-state index contributed by atoms with van der Waals surface area (Å²) in [4.78, 5) is 56.6. The van der Waals surface area contributed by atoms with Crippen LogP contribution in [0.5, 0.6) is 0 Å². The largest absolute Gasteiger partial charge is 0.395 e. The van der Waals surface area contributed by atoms with Gasteiger partial charge in [0.2, 0.25) is 20.7 Å². The molecule has 1 spiro atoms. The zero-order valence-corrected chi connectivity index (χ0v) is 30.2. The Labute approximate surface area is 302 Å². The number of nitrogens with zero attached hydrogens (tertiary/aromatic N) is 4. The molecule has 1 saturated heterocycles. The fourth-order valence-electron chi connectivity index (χ4n) is 7.83. The van der Waals surface area contributed by atoms with Crippen LogP contribution in [0.15, 0.2) is 103 Å². The highest BCUT2D eigenvalue weighted by molar-refractivity contribution is 6.72. The van der Waals surface area contributed by atoms with Crippen molar-refractivity contribution in [2.24, 2.45) is 5.92 Å². The number of anilines is 3. The van der Waals surface area contributed by atoms with Gasteiger partial charge in [-0.25, -0.2) is 0 Å². The number of benzene rings is 4.